The largest absolute Gasteiger partial charge is 0.394 e. The monoisotopic (exact) mass is 967 g/mol. The van der Waals surface area contributed by atoms with E-state index in [1.165, 1.54) is 0 Å². The van der Waals surface area contributed by atoms with Gasteiger partial charge in [-0.1, -0.05) is 0 Å². The van der Waals surface area contributed by atoms with Gasteiger partial charge in [0.15, 0.2) is 23.8 Å². The summed E-state index contributed by atoms with van der Waals surface area (Å²) in [5.74, 6) is -5.23. The minimum atomic E-state index is -3.88. The first-order chi connectivity index (χ1) is 30.8. The molecule has 383 valence electrons. The van der Waals surface area contributed by atoms with Gasteiger partial charge in [0, 0.05) is 26.7 Å². The quantitative estimate of drug-likeness (QED) is 0.0724. The van der Waals surface area contributed by atoms with Gasteiger partial charge in [0.05, 0.1) is 45.2 Å². The fourth-order valence-electron chi connectivity index (χ4n) is 9.42. The molecule has 29 heteroatoms. The van der Waals surface area contributed by atoms with Crippen LogP contribution in [0.2, 0.25) is 0 Å². The zero-order valence-electron chi connectivity index (χ0n) is 35.4. The first-order valence-electron chi connectivity index (χ1n) is 20.9. The zero-order chi connectivity index (χ0) is 49.5. The van der Waals surface area contributed by atoms with Gasteiger partial charge < -0.3 is 136 Å². The number of aliphatic hydroxyl groups is 19. The van der Waals surface area contributed by atoms with Crippen LogP contribution in [0.15, 0.2) is 0 Å². The van der Waals surface area contributed by atoms with Crippen LogP contribution in [0, 0.1) is 6.10 Å². The number of aliphatic hydroxyl groups excluding tert-OH is 17. The second kappa shape index (κ2) is 21.5. The summed E-state index contributed by atoms with van der Waals surface area (Å²) in [6.07, 6.45) is -50.4. The van der Waals surface area contributed by atoms with E-state index in [4.69, 9.17) is 28.4 Å². The third-order valence-electron chi connectivity index (χ3n) is 12.8. The molecule has 66 heavy (non-hydrogen) atoms. The number of hydrogen-bond donors (Lipinski definition) is 21. The number of ether oxygens (including phenoxy) is 6. The highest BCUT2D eigenvalue weighted by atomic mass is 16.7. The van der Waals surface area contributed by atoms with Crippen molar-refractivity contribution in [3.63, 3.8) is 0 Å². The summed E-state index contributed by atoms with van der Waals surface area (Å²) in [5, 5.41) is 217. The minimum Gasteiger partial charge on any atom is -0.394 e. The molecule has 21 N–H and O–H groups in total. The first kappa shape index (κ1) is 54.9. The molecule has 5 fully saturated rings. The Hall–Kier alpha value is -2.06. The maximum atomic E-state index is 13.7. The van der Waals surface area contributed by atoms with Gasteiger partial charge in [0.2, 0.25) is 11.8 Å². The van der Waals surface area contributed by atoms with Crippen molar-refractivity contribution in [1.29, 1.82) is 0 Å². The van der Waals surface area contributed by atoms with Crippen LogP contribution in [0.25, 0.3) is 0 Å². The van der Waals surface area contributed by atoms with E-state index < -0.39 is 215 Å². The van der Waals surface area contributed by atoms with Crippen LogP contribution in [-0.2, 0) is 38.0 Å². The molecule has 0 aromatic rings. The molecular weight excluding hydrogens is 904 g/mol. The third-order valence-corrected chi connectivity index (χ3v) is 12.8. The van der Waals surface area contributed by atoms with Crippen LogP contribution in [-0.4, -0.2) is 293 Å². The molecular formula is C37H63N2O27. The molecule has 0 aliphatic carbocycles. The summed E-state index contributed by atoms with van der Waals surface area (Å²) in [7, 11) is 0. The van der Waals surface area contributed by atoms with Gasteiger partial charge in [0.25, 0.3) is 0 Å². The standard InChI is InChI=1S/C37H63N2O27/c1-10(45)38-18-12(47)3-35(59,65-29(18)20(49)13(48)4-40)9-36(66-34-19(39-11(2)46)24(53)21(50)16(7-43)64-34)33(30-27(56)25(54)22(51)14(5-41)61-30)63-17(8-44)31(58)37(36,60)32-28(57)26(55)23(52)15(6-42)62-32/h12-32,34,40-44,47-60H,3-9H2,1-2H3,(H,38,45)(H,39,46)/t12-,13+,14+,15+,16+,17+,18+,19+,20+,21-,22-,23-,24+,25-,26-,27+,28+,29+,30?,31+,32?,34?,35-,36-,37+/m0/s1. The highest BCUT2D eigenvalue weighted by Crippen LogP contribution is 2.57. The topological polar surface area (TPSA) is 498 Å². The van der Waals surface area contributed by atoms with Crippen LogP contribution >= 0.6 is 0 Å². The fraction of sp³-hybridized carbons (Fsp3) is 0.919. The molecule has 0 aromatic carbocycles. The molecule has 29 nitrogen and oxygen atoms in total. The Morgan fingerprint density at radius 2 is 1.17 bits per heavy atom. The Balaban J connectivity index is 1.90. The van der Waals surface area contributed by atoms with E-state index in [-0.39, 0.29) is 0 Å². The summed E-state index contributed by atoms with van der Waals surface area (Å²) >= 11 is 0. The van der Waals surface area contributed by atoms with Crippen LogP contribution in [0.3, 0.4) is 0 Å². The van der Waals surface area contributed by atoms with Crippen molar-refractivity contribution in [2.24, 2.45) is 0 Å². The van der Waals surface area contributed by atoms with Gasteiger partial charge >= 0.3 is 0 Å². The highest BCUT2D eigenvalue weighted by molar-refractivity contribution is 5.73. The SMILES string of the molecule is CC(=O)N[C@H]1[C@H]([C@H](O)[C@H](O)CO)O[C@](O)(C[C@]2(OC3O[C@H](CO)[C@H](O)[C@H](O)[C@H]3NC(C)=O)[C](C3O[C@H](CO)[C@H](O)[C@H](O)[C@H]3O)O[C@H](CO)[C@@H](O)[C@@]2(O)C2O[C@H](CO)[C@H](O)[C@H](O)[C@H]2O)C[C@@H]1O. The number of rotatable bonds is 15. The number of carbonyl (C=O) groups excluding carboxylic acids is 2. The normalized spacial score (nSPS) is 49.2. The van der Waals surface area contributed by atoms with Crippen LogP contribution in [0.1, 0.15) is 26.7 Å². The molecule has 5 heterocycles. The Morgan fingerprint density at radius 3 is 1.70 bits per heavy atom. The Bertz CT molecular complexity index is 1620. The summed E-state index contributed by atoms with van der Waals surface area (Å²) in [4.78, 5) is 25.0. The lowest BCUT2D eigenvalue weighted by molar-refractivity contribution is -0.421. The minimum absolute atomic E-state index is 0.879. The van der Waals surface area contributed by atoms with E-state index in [1.54, 1.807) is 0 Å². The number of carbonyl (C=O) groups is 2. The Labute approximate surface area is 374 Å². The van der Waals surface area contributed by atoms with Gasteiger partial charge in [0.1, 0.15) is 122 Å². The lowest BCUT2D eigenvalue weighted by Crippen LogP contribution is -2.85. The van der Waals surface area contributed by atoms with E-state index in [0.29, 0.717) is 0 Å². The van der Waals surface area contributed by atoms with Gasteiger partial charge in [-0.25, -0.2) is 0 Å². The third kappa shape index (κ3) is 9.96. The van der Waals surface area contributed by atoms with Crippen molar-refractivity contribution in [3.05, 3.63) is 6.10 Å². The number of amides is 2. The second-order valence-electron chi connectivity index (χ2n) is 17.3. The number of nitrogens with one attached hydrogen (secondary N) is 2. The fourth-order valence-corrected chi connectivity index (χ4v) is 9.42. The molecule has 5 aliphatic heterocycles. The van der Waals surface area contributed by atoms with Crippen molar-refractivity contribution in [2.75, 3.05) is 33.0 Å². The summed E-state index contributed by atoms with van der Waals surface area (Å²) < 4.78 is 35.8. The van der Waals surface area contributed by atoms with Crippen molar-refractivity contribution in [2.45, 2.75) is 178 Å². The first-order valence-corrected chi connectivity index (χ1v) is 20.9. The lowest BCUT2D eigenvalue weighted by atomic mass is 9.60. The molecule has 5 rings (SSSR count). The van der Waals surface area contributed by atoms with E-state index in [0.717, 1.165) is 13.8 Å². The van der Waals surface area contributed by atoms with Crippen molar-refractivity contribution in [1.82, 2.24) is 10.6 Å². The summed E-state index contributed by atoms with van der Waals surface area (Å²) in [6, 6.07) is -3.86. The van der Waals surface area contributed by atoms with Crippen molar-refractivity contribution < 1.29 is 135 Å². The molecule has 0 saturated carbocycles. The van der Waals surface area contributed by atoms with E-state index in [2.05, 4.69) is 10.6 Å². The van der Waals surface area contributed by atoms with Crippen molar-refractivity contribution in [3.8, 4) is 0 Å². The average molecular weight is 968 g/mol. The smallest absolute Gasteiger partial charge is 0.217 e. The van der Waals surface area contributed by atoms with E-state index >= 15 is 0 Å². The van der Waals surface area contributed by atoms with E-state index in [9.17, 15) is 107 Å². The molecule has 3 unspecified atom stereocenters. The highest BCUT2D eigenvalue weighted by Gasteiger charge is 2.77. The molecule has 2 amide bonds. The molecule has 0 bridgehead atoms. The predicted octanol–water partition coefficient (Wildman–Crippen LogP) is -13.2. The van der Waals surface area contributed by atoms with E-state index in [1.807, 2.05) is 0 Å². The molecule has 5 aliphatic rings. The van der Waals surface area contributed by atoms with Gasteiger partial charge in [-0.2, -0.15) is 0 Å². The van der Waals surface area contributed by atoms with Gasteiger partial charge in [-0.05, 0) is 0 Å². The lowest BCUT2D eigenvalue weighted by Gasteiger charge is -2.65. The molecule has 0 spiro atoms. The Morgan fingerprint density at radius 1 is 0.667 bits per heavy atom. The van der Waals surface area contributed by atoms with Gasteiger partial charge in [-0.15, -0.1) is 0 Å². The molecule has 5 saturated heterocycles. The summed E-state index contributed by atoms with van der Waals surface area (Å²) in [6.45, 7) is -4.26. The molecule has 0 aromatic heterocycles. The van der Waals surface area contributed by atoms with Gasteiger partial charge in [-0.3, -0.25) is 9.59 Å². The maximum absolute atomic E-state index is 13.7. The zero-order valence-corrected chi connectivity index (χ0v) is 35.4. The van der Waals surface area contributed by atoms with Crippen molar-refractivity contribution >= 4 is 11.8 Å². The van der Waals surface area contributed by atoms with Crippen LogP contribution in [0.5, 0.6) is 0 Å². The second-order valence-corrected chi connectivity index (χ2v) is 17.3. The number of hydrogen-bond acceptors (Lipinski definition) is 27. The van der Waals surface area contributed by atoms with Crippen LogP contribution < -0.4 is 10.6 Å². The Kier molecular flexibility index (Phi) is 17.9. The average Bonchev–Trinajstić information content (AvgIpc) is 3.27. The predicted molar refractivity (Wildman–Crippen MR) is 205 cm³/mol. The maximum Gasteiger partial charge on any atom is 0.217 e. The van der Waals surface area contributed by atoms with Crippen LogP contribution in [0.4, 0.5) is 0 Å². The molecule has 1 radical (unpaired) electrons. The summed E-state index contributed by atoms with van der Waals surface area (Å²) in [5.41, 5.74) is -7.60. The molecule has 25 atom stereocenters.